The number of nitrogens with zero attached hydrogens (tertiary/aromatic N) is 4. The van der Waals surface area contributed by atoms with Gasteiger partial charge in [0.2, 0.25) is 0 Å². The van der Waals surface area contributed by atoms with Gasteiger partial charge in [-0.15, -0.1) is 27.8 Å². The number of thiophene rings is 2. The maximum atomic E-state index is 5.52. The van der Waals surface area contributed by atoms with E-state index in [1.54, 1.807) is 22.7 Å². The monoisotopic (exact) mass is 350 g/mol. The molecule has 3 aromatic heterocycles. The first-order valence-corrected chi connectivity index (χ1v) is 9.12. The van der Waals surface area contributed by atoms with Crippen LogP contribution in [0.25, 0.3) is 10.7 Å². The van der Waals surface area contributed by atoms with Crippen molar-refractivity contribution < 1.29 is 0 Å². The molecule has 0 atom stereocenters. The van der Waals surface area contributed by atoms with Crippen LogP contribution in [0, 0.1) is 11.7 Å². The minimum Gasteiger partial charge on any atom is -0.302 e. The van der Waals surface area contributed by atoms with E-state index < -0.39 is 0 Å². The topological polar surface area (TPSA) is 26.0 Å². The van der Waals surface area contributed by atoms with Gasteiger partial charge < -0.3 is 4.57 Å². The lowest BCUT2D eigenvalue weighted by Gasteiger charge is -2.15. The summed E-state index contributed by atoms with van der Waals surface area (Å²) in [5, 5.41) is 8.89. The standard InChI is InChI=1S/C15H18N4S3/c1-11-6-8-22-13(11)9-17(2)10-19-15(20)18(3)14(16-19)12-5-4-7-21-12/h4-8H,9-10H2,1-3H3. The Morgan fingerprint density at radius 3 is 2.73 bits per heavy atom. The summed E-state index contributed by atoms with van der Waals surface area (Å²) < 4.78 is 4.62. The molecule has 7 heteroatoms. The van der Waals surface area contributed by atoms with Crippen molar-refractivity contribution in [2.45, 2.75) is 20.1 Å². The van der Waals surface area contributed by atoms with Crippen LogP contribution < -0.4 is 0 Å². The normalized spacial score (nSPS) is 11.5. The van der Waals surface area contributed by atoms with E-state index in [9.17, 15) is 0 Å². The smallest absolute Gasteiger partial charge is 0.199 e. The third-order valence-corrected chi connectivity index (χ3v) is 5.90. The van der Waals surface area contributed by atoms with E-state index in [1.165, 1.54) is 10.4 Å². The maximum Gasteiger partial charge on any atom is 0.199 e. The molecule has 0 amide bonds. The van der Waals surface area contributed by atoms with Crippen LogP contribution >= 0.6 is 34.9 Å². The van der Waals surface area contributed by atoms with Crippen molar-refractivity contribution in [2.24, 2.45) is 7.05 Å². The molecule has 0 aromatic carbocycles. The van der Waals surface area contributed by atoms with Gasteiger partial charge in [0.15, 0.2) is 10.6 Å². The van der Waals surface area contributed by atoms with Gasteiger partial charge in [0, 0.05) is 18.5 Å². The SMILES string of the molecule is Cc1ccsc1CN(C)Cn1nc(-c2cccs2)n(C)c1=S. The molecule has 3 aromatic rings. The summed E-state index contributed by atoms with van der Waals surface area (Å²) in [6, 6.07) is 6.27. The van der Waals surface area contributed by atoms with Gasteiger partial charge in [0.25, 0.3) is 0 Å². The zero-order chi connectivity index (χ0) is 15.7. The molecule has 0 spiro atoms. The second-order valence-corrected chi connectivity index (χ2v) is 7.64. The molecule has 0 saturated carbocycles. The third-order valence-electron chi connectivity index (χ3n) is 3.54. The van der Waals surface area contributed by atoms with Crippen molar-refractivity contribution in [3.63, 3.8) is 0 Å². The van der Waals surface area contributed by atoms with Crippen LogP contribution in [0.5, 0.6) is 0 Å². The Labute approximate surface area is 143 Å². The van der Waals surface area contributed by atoms with Crippen LogP contribution in [-0.4, -0.2) is 26.3 Å². The first-order valence-electron chi connectivity index (χ1n) is 6.95. The summed E-state index contributed by atoms with van der Waals surface area (Å²) in [6.45, 7) is 3.76. The van der Waals surface area contributed by atoms with E-state index in [2.05, 4.69) is 41.8 Å². The van der Waals surface area contributed by atoms with Gasteiger partial charge >= 0.3 is 0 Å². The fraction of sp³-hybridized carbons (Fsp3) is 0.333. The molecule has 0 bridgehead atoms. The number of aryl methyl sites for hydroxylation is 1. The molecule has 3 heterocycles. The zero-order valence-corrected chi connectivity index (χ0v) is 15.3. The van der Waals surface area contributed by atoms with Gasteiger partial charge in [0.05, 0.1) is 11.5 Å². The van der Waals surface area contributed by atoms with E-state index in [0.29, 0.717) is 6.67 Å². The molecule has 0 radical (unpaired) electrons. The lowest BCUT2D eigenvalue weighted by molar-refractivity contribution is 0.245. The summed E-state index contributed by atoms with van der Waals surface area (Å²) >= 11 is 9.00. The molecule has 0 saturated heterocycles. The highest BCUT2D eigenvalue weighted by molar-refractivity contribution is 7.71. The van der Waals surface area contributed by atoms with Crippen LogP contribution in [0.4, 0.5) is 0 Å². The minimum absolute atomic E-state index is 0.690. The highest BCUT2D eigenvalue weighted by Crippen LogP contribution is 2.23. The Kier molecular flexibility index (Phi) is 4.58. The third kappa shape index (κ3) is 3.08. The summed E-state index contributed by atoms with van der Waals surface area (Å²) in [6.07, 6.45) is 0. The predicted molar refractivity (Wildman–Crippen MR) is 95.9 cm³/mol. The van der Waals surface area contributed by atoms with Crippen LogP contribution in [0.2, 0.25) is 0 Å². The number of hydrogen-bond donors (Lipinski definition) is 0. The number of hydrogen-bond acceptors (Lipinski definition) is 5. The molecule has 4 nitrogen and oxygen atoms in total. The van der Waals surface area contributed by atoms with Crippen molar-refractivity contribution in [2.75, 3.05) is 7.05 Å². The van der Waals surface area contributed by atoms with Gasteiger partial charge in [-0.05, 0) is 54.6 Å². The zero-order valence-electron chi connectivity index (χ0n) is 12.8. The second kappa shape index (κ2) is 6.45. The highest BCUT2D eigenvalue weighted by Gasteiger charge is 2.12. The van der Waals surface area contributed by atoms with Gasteiger partial charge in [-0.3, -0.25) is 4.90 Å². The van der Waals surface area contributed by atoms with E-state index in [-0.39, 0.29) is 0 Å². The molecular weight excluding hydrogens is 332 g/mol. The van der Waals surface area contributed by atoms with Crippen molar-refractivity contribution >= 4 is 34.9 Å². The molecule has 0 aliphatic heterocycles. The molecule has 0 N–H and O–H groups in total. The van der Waals surface area contributed by atoms with Crippen LogP contribution in [0.1, 0.15) is 10.4 Å². The largest absolute Gasteiger partial charge is 0.302 e. The van der Waals surface area contributed by atoms with Crippen molar-refractivity contribution in [3.8, 4) is 10.7 Å². The van der Waals surface area contributed by atoms with Crippen LogP contribution in [-0.2, 0) is 20.3 Å². The van der Waals surface area contributed by atoms with Crippen molar-refractivity contribution in [3.05, 3.63) is 44.2 Å². The van der Waals surface area contributed by atoms with Gasteiger partial charge in [0.1, 0.15) is 0 Å². The molecule has 116 valence electrons. The summed E-state index contributed by atoms with van der Waals surface area (Å²) in [7, 11) is 4.07. The van der Waals surface area contributed by atoms with Crippen LogP contribution in [0.3, 0.4) is 0 Å². The van der Waals surface area contributed by atoms with E-state index >= 15 is 0 Å². The summed E-state index contributed by atoms with van der Waals surface area (Å²) in [5.74, 6) is 0.931. The molecule has 3 rings (SSSR count). The van der Waals surface area contributed by atoms with E-state index in [1.807, 2.05) is 22.4 Å². The molecule has 22 heavy (non-hydrogen) atoms. The van der Waals surface area contributed by atoms with Crippen molar-refractivity contribution in [1.29, 1.82) is 0 Å². The van der Waals surface area contributed by atoms with Crippen molar-refractivity contribution in [1.82, 2.24) is 19.2 Å². The quantitative estimate of drug-likeness (QED) is 0.647. The minimum atomic E-state index is 0.690. The summed E-state index contributed by atoms with van der Waals surface area (Å²) in [5.41, 5.74) is 1.35. The molecular formula is C15H18N4S3. The molecule has 0 unspecified atom stereocenters. The summed E-state index contributed by atoms with van der Waals surface area (Å²) in [4.78, 5) is 4.77. The molecule has 0 fully saturated rings. The Balaban J connectivity index is 1.80. The first kappa shape index (κ1) is 15.6. The fourth-order valence-electron chi connectivity index (χ4n) is 2.29. The van der Waals surface area contributed by atoms with Crippen LogP contribution in [0.15, 0.2) is 29.0 Å². The predicted octanol–water partition coefficient (Wildman–Crippen LogP) is 4.14. The second-order valence-electron chi connectivity index (χ2n) is 5.32. The highest BCUT2D eigenvalue weighted by atomic mass is 32.1. The number of aromatic nitrogens is 3. The molecule has 0 aliphatic rings. The average molecular weight is 351 g/mol. The lowest BCUT2D eigenvalue weighted by Crippen LogP contribution is -2.22. The Hall–Kier alpha value is -1.28. The number of rotatable bonds is 5. The fourth-order valence-corrected chi connectivity index (χ4v) is 4.20. The van der Waals surface area contributed by atoms with Gasteiger partial charge in [-0.1, -0.05) is 6.07 Å². The lowest BCUT2D eigenvalue weighted by atomic mass is 10.3. The Bertz CT molecular complexity index is 810. The van der Waals surface area contributed by atoms with Gasteiger partial charge in [-0.2, -0.15) is 0 Å². The maximum absolute atomic E-state index is 5.52. The van der Waals surface area contributed by atoms with E-state index in [4.69, 9.17) is 17.3 Å². The van der Waals surface area contributed by atoms with Gasteiger partial charge in [-0.25, -0.2) is 4.68 Å². The first-order chi connectivity index (χ1) is 10.6. The van der Waals surface area contributed by atoms with E-state index in [0.717, 1.165) is 22.0 Å². The molecule has 0 aliphatic carbocycles. The Morgan fingerprint density at radius 2 is 2.09 bits per heavy atom. The Morgan fingerprint density at radius 1 is 1.27 bits per heavy atom. The average Bonchev–Trinajstić information content (AvgIpc) is 3.19.